The number of nitrogens with zero attached hydrogens (tertiary/aromatic N) is 3. The van der Waals surface area contributed by atoms with E-state index in [1.165, 1.54) is 7.11 Å². The Bertz CT molecular complexity index is 1760. The van der Waals surface area contributed by atoms with Crippen LogP contribution in [0, 0.1) is 31.6 Å². The number of aryl methyl sites for hydroxylation is 2. The highest BCUT2D eigenvalue weighted by molar-refractivity contribution is 6.15. The molecule has 0 radical (unpaired) electrons. The van der Waals surface area contributed by atoms with Crippen molar-refractivity contribution in [3.63, 3.8) is 0 Å². The van der Waals surface area contributed by atoms with Gasteiger partial charge in [-0.2, -0.15) is 0 Å². The van der Waals surface area contributed by atoms with Crippen LogP contribution in [-0.4, -0.2) is 87.8 Å². The number of ether oxygens (including phenoxy) is 4. The first-order valence-electron chi connectivity index (χ1n) is 17.0. The lowest BCUT2D eigenvalue weighted by atomic mass is 9.97. The van der Waals surface area contributed by atoms with Crippen molar-refractivity contribution in [1.29, 1.82) is 0 Å². The number of pyridine rings is 1. The summed E-state index contributed by atoms with van der Waals surface area (Å²) >= 11 is 0. The van der Waals surface area contributed by atoms with Gasteiger partial charge in [0.25, 0.3) is 0 Å². The zero-order valence-electron chi connectivity index (χ0n) is 31.0. The van der Waals surface area contributed by atoms with E-state index in [0.717, 1.165) is 13.0 Å². The van der Waals surface area contributed by atoms with E-state index in [-0.39, 0.29) is 5.92 Å². The molecule has 0 aliphatic heterocycles. The topological polar surface area (TPSA) is 90.4 Å². The van der Waals surface area contributed by atoms with E-state index in [9.17, 15) is 9.59 Å². The Morgan fingerprint density at radius 3 is 1.82 bits per heavy atom. The molecule has 4 atom stereocenters. The zero-order chi connectivity index (χ0) is 36.0. The molecule has 4 rings (SSSR count). The lowest BCUT2D eigenvalue weighted by molar-refractivity contribution is 0.0600. The van der Waals surface area contributed by atoms with Crippen LogP contribution in [-0.2, 0) is 4.74 Å². The number of benzene rings is 3. The lowest BCUT2D eigenvalue weighted by Crippen LogP contribution is -2.34. The molecule has 0 bridgehead atoms. The minimum Gasteiger partial charge on any atom is -0.493 e. The summed E-state index contributed by atoms with van der Waals surface area (Å²) in [5, 5.41) is 1.24. The predicted octanol–water partition coefficient (Wildman–Crippen LogP) is 7.58. The molecule has 9 heteroatoms. The van der Waals surface area contributed by atoms with Gasteiger partial charge in [-0.15, -0.1) is 0 Å². The van der Waals surface area contributed by atoms with Crippen LogP contribution in [0.15, 0.2) is 48.5 Å². The van der Waals surface area contributed by atoms with E-state index >= 15 is 0 Å². The highest BCUT2D eigenvalue weighted by Crippen LogP contribution is 2.34. The minimum atomic E-state index is -0.538. The average Bonchev–Trinajstić information content (AvgIpc) is 3.05. The molecular weight excluding hydrogens is 618 g/mol. The molecule has 0 saturated heterocycles. The summed E-state index contributed by atoms with van der Waals surface area (Å²) in [7, 11) is 9.64. The van der Waals surface area contributed by atoms with E-state index in [4.69, 9.17) is 23.9 Å². The Morgan fingerprint density at radius 2 is 1.31 bits per heavy atom. The van der Waals surface area contributed by atoms with Gasteiger partial charge in [0.05, 0.1) is 42.5 Å². The van der Waals surface area contributed by atoms with Gasteiger partial charge in [-0.3, -0.25) is 0 Å². The molecule has 4 unspecified atom stereocenters. The second-order valence-electron chi connectivity index (χ2n) is 14.2. The third-order valence-corrected chi connectivity index (χ3v) is 9.16. The molecule has 0 fully saturated rings. The fraction of sp³-hybridized carbons (Fsp3) is 0.475. The molecule has 1 aromatic heterocycles. The van der Waals surface area contributed by atoms with E-state index in [0.29, 0.717) is 92.4 Å². The maximum Gasteiger partial charge on any atom is 0.344 e. The molecular formula is C40H53N3O6. The van der Waals surface area contributed by atoms with Crippen LogP contribution in [0.1, 0.15) is 66.0 Å². The number of esters is 2. The fourth-order valence-corrected chi connectivity index (χ4v) is 6.36. The molecule has 3 aromatic carbocycles. The highest BCUT2D eigenvalue weighted by atomic mass is 16.5. The number of carbonyl (C=O) groups is 2. The summed E-state index contributed by atoms with van der Waals surface area (Å²) in [6.07, 6.45) is 1.04. The summed E-state index contributed by atoms with van der Waals surface area (Å²) in [5.41, 5.74) is 3.35. The number of methoxy groups -OCH3 is 1. The van der Waals surface area contributed by atoms with Crippen molar-refractivity contribution in [2.45, 2.75) is 54.0 Å². The SMILES string of the molecule is COC(=O)c1cc(C)c(OC(=O)c2c3cc(OCC(C)CC(C)CN(C)C)ccc3nc3ccc(OCC(C)C(C)N(C)C)cc23)c(C)c1. The number of fused-ring (bicyclic) bond motifs is 2. The van der Waals surface area contributed by atoms with E-state index in [1.807, 2.05) is 36.4 Å². The van der Waals surface area contributed by atoms with Crippen LogP contribution >= 0.6 is 0 Å². The van der Waals surface area contributed by atoms with E-state index in [1.54, 1.807) is 26.0 Å². The highest BCUT2D eigenvalue weighted by Gasteiger charge is 2.23. The van der Waals surface area contributed by atoms with Gasteiger partial charge >= 0.3 is 11.9 Å². The summed E-state index contributed by atoms with van der Waals surface area (Å²) in [4.78, 5) is 35.8. The Morgan fingerprint density at radius 1 is 0.755 bits per heavy atom. The first-order chi connectivity index (χ1) is 23.2. The van der Waals surface area contributed by atoms with Gasteiger partial charge in [0.1, 0.15) is 17.2 Å². The second kappa shape index (κ2) is 16.5. The van der Waals surface area contributed by atoms with Crippen LogP contribution < -0.4 is 14.2 Å². The van der Waals surface area contributed by atoms with Crippen LogP contribution in [0.3, 0.4) is 0 Å². The van der Waals surface area contributed by atoms with E-state index in [2.05, 4.69) is 65.7 Å². The molecule has 4 aromatic rings. The minimum absolute atomic E-state index is 0.275. The molecule has 0 amide bonds. The van der Waals surface area contributed by atoms with Crippen LogP contribution in [0.4, 0.5) is 0 Å². The first kappa shape index (κ1) is 37.6. The molecule has 0 aliphatic rings. The number of carbonyl (C=O) groups excluding carboxylic acids is 2. The molecule has 0 spiro atoms. The van der Waals surface area contributed by atoms with Crippen molar-refractivity contribution in [2.75, 3.05) is 55.1 Å². The van der Waals surface area contributed by atoms with Crippen LogP contribution in [0.5, 0.6) is 17.2 Å². The fourth-order valence-electron chi connectivity index (χ4n) is 6.36. The van der Waals surface area contributed by atoms with Gasteiger partial charge < -0.3 is 28.7 Å². The Hall–Kier alpha value is -4.21. The number of rotatable bonds is 15. The van der Waals surface area contributed by atoms with Gasteiger partial charge in [-0.25, -0.2) is 14.6 Å². The Balaban J connectivity index is 1.75. The number of hydrogen-bond acceptors (Lipinski definition) is 9. The van der Waals surface area contributed by atoms with Crippen LogP contribution in [0.25, 0.3) is 21.8 Å². The van der Waals surface area contributed by atoms with Crippen molar-refractivity contribution in [3.05, 3.63) is 70.8 Å². The third-order valence-electron chi connectivity index (χ3n) is 9.16. The number of aromatic nitrogens is 1. The normalized spacial score (nSPS) is 14.1. The second-order valence-corrected chi connectivity index (χ2v) is 14.2. The summed E-state index contributed by atoms with van der Waals surface area (Å²) < 4.78 is 23.6. The lowest BCUT2D eigenvalue weighted by Gasteiger charge is -2.26. The van der Waals surface area contributed by atoms with Crippen molar-refractivity contribution < 1.29 is 28.5 Å². The van der Waals surface area contributed by atoms with E-state index < -0.39 is 11.9 Å². The molecule has 9 nitrogen and oxygen atoms in total. The summed E-state index contributed by atoms with van der Waals surface area (Å²) in [6, 6.07) is 15.0. The summed E-state index contributed by atoms with van der Waals surface area (Å²) in [5.74, 6) is 1.86. The van der Waals surface area contributed by atoms with Crippen molar-refractivity contribution in [1.82, 2.24) is 14.8 Å². The van der Waals surface area contributed by atoms with Crippen molar-refractivity contribution in [3.8, 4) is 17.2 Å². The maximum atomic E-state index is 14.3. The van der Waals surface area contributed by atoms with Gasteiger partial charge in [0.15, 0.2) is 0 Å². The average molecular weight is 672 g/mol. The first-order valence-corrected chi connectivity index (χ1v) is 17.0. The molecule has 264 valence electrons. The molecule has 0 saturated carbocycles. The molecule has 49 heavy (non-hydrogen) atoms. The summed E-state index contributed by atoms with van der Waals surface area (Å²) in [6.45, 7) is 14.5. The third kappa shape index (κ3) is 9.49. The van der Waals surface area contributed by atoms with Gasteiger partial charge in [-0.05, 0) is 127 Å². The standard InChI is InChI=1S/C40H53N3O6/c1-24(21-42(7)8)16-25(2)22-47-31-12-14-35-33(19-31)37(40(45)49-38-26(3)17-30(18-27(38)4)39(44)46-11)34-20-32(13-15-36(34)41-35)48-23-28(5)29(6)43(9)10/h12-15,17-20,24-25,28-29H,16,21-23H2,1-11H3. The predicted molar refractivity (Wildman–Crippen MR) is 196 cm³/mol. The van der Waals surface area contributed by atoms with Gasteiger partial charge in [0.2, 0.25) is 0 Å². The molecule has 0 aliphatic carbocycles. The monoisotopic (exact) mass is 671 g/mol. The largest absolute Gasteiger partial charge is 0.493 e. The zero-order valence-corrected chi connectivity index (χ0v) is 31.0. The number of hydrogen-bond donors (Lipinski definition) is 0. The van der Waals surface area contributed by atoms with Crippen molar-refractivity contribution >= 4 is 33.7 Å². The maximum absolute atomic E-state index is 14.3. The van der Waals surface area contributed by atoms with Crippen molar-refractivity contribution in [2.24, 2.45) is 17.8 Å². The smallest absolute Gasteiger partial charge is 0.344 e. The van der Waals surface area contributed by atoms with Crippen LogP contribution in [0.2, 0.25) is 0 Å². The van der Waals surface area contributed by atoms with Gasteiger partial charge in [-0.1, -0.05) is 20.8 Å². The Labute approximate surface area is 291 Å². The van der Waals surface area contributed by atoms with Gasteiger partial charge in [0, 0.05) is 29.3 Å². The quantitative estimate of drug-likeness (QED) is 0.0721. The molecule has 1 heterocycles. The Kier molecular flexibility index (Phi) is 12.6. The molecule has 0 N–H and O–H groups in total.